The van der Waals surface area contributed by atoms with Crippen LogP contribution in [0.1, 0.15) is 24.4 Å². The lowest BCUT2D eigenvalue weighted by molar-refractivity contribution is 0.0996. The molecule has 2 N–H and O–H groups in total. The number of rotatable bonds is 6. The molecule has 0 fully saturated rings. The second-order valence-electron chi connectivity index (χ2n) is 5.82. The first-order valence-corrected chi connectivity index (χ1v) is 8.09. The summed E-state index contributed by atoms with van der Waals surface area (Å²) >= 11 is 0. The molecule has 128 valence electrons. The number of furan rings is 1. The summed E-state index contributed by atoms with van der Waals surface area (Å²) in [5.74, 6) is 0.855. The zero-order valence-corrected chi connectivity index (χ0v) is 14.2. The smallest absolute Gasteiger partial charge is 0.291 e. The monoisotopic (exact) mass is 336 g/mol. The normalized spacial score (nSPS) is 10.5. The summed E-state index contributed by atoms with van der Waals surface area (Å²) in [4.78, 5) is 11.9. The first-order chi connectivity index (χ1) is 12.1. The largest absolute Gasteiger partial charge is 0.491 e. The minimum atomic E-state index is -0.272. The van der Waals surface area contributed by atoms with Crippen LogP contribution in [0, 0.1) is 0 Å². The van der Waals surface area contributed by atoms with Gasteiger partial charge in [0.15, 0.2) is 5.76 Å². The summed E-state index contributed by atoms with van der Waals surface area (Å²) in [6.07, 6.45) is 1.63. The third-order valence-corrected chi connectivity index (χ3v) is 3.40. The van der Waals surface area contributed by atoms with E-state index in [-0.39, 0.29) is 17.8 Å². The first kappa shape index (κ1) is 16.6. The molecule has 0 bridgehead atoms. The van der Waals surface area contributed by atoms with Crippen LogP contribution >= 0.6 is 0 Å². The lowest BCUT2D eigenvalue weighted by atomic mass is 10.2. The standard InChI is InChI=1S/C20H20N2O3/c1-14(2)25-18-11-9-16(10-12-18)21-15-5-7-17(8-6-15)22-20(23)19-4-3-13-24-19/h3-14,21H,1-2H3,(H,22,23). The molecule has 0 aliphatic rings. The fourth-order valence-electron chi connectivity index (χ4n) is 2.29. The summed E-state index contributed by atoms with van der Waals surface area (Å²) in [6, 6.07) is 18.6. The van der Waals surface area contributed by atoms with Crippen LogP contribution in [-0.2, 0) is 0 Å². The van der Waals surface area contributed by atoms with Crippen molar-refractivity contribution in [2.45, 2.75) is 20.0 Å². The van der Waals surface area contributed by atoms with Crippen molar-refractivity contribution in [1.29, 1.82) is 0 Å². The van der Waals surface area contributed by atoms with E-state index in [0.717, 1.165) is 17.1 Å². The van der Waals surface area contributed by atoms with Crippen LogP contribution in [0.15, 0.2) is 71.3 Å². The zero-order valence-electron chi connectivity index (χ0n) is 14.2. The van der Waals surface area contributed by atoms with Gasteiger partial charge in [-0.25, -0.2) is 0 Å². The Labute approximate surface area is 146 Å². The first-order valence-electron chi connectivity index (χ1n) is 8.09. The molecule has 25 heavy (non-hydrogen) atoms. The van der Waals surface area contributed by atoms with E-state index in [2.05, 4.69) is 10.6 Å². The second-order valence-corrected chi connectivity index (χ2v) is 5.82. The number of hydrogen-bond acceptors (Lipinski definition) is 4. The number of hydrogen-bond donors (Lipinski definition) is 2. The van der Waals surface area contributed by atoms with Crippen molar-refractivity contribution in [3.05, 3.63) is 72.7 Å². The third-order valence-electron chi connectivity index (χ3n) is 3.40. The molecule has 3 rings (SSSR count). The molecule has 3 aromatic rings. The predicted molar refractivity (Wildman–Crippen MR) is 98.6 cm³/mol. The summed E-state index contributed by atoms with van der Waals surface area (Å²) in [5.41, 5.74) is 2.59. The molecular formula is C20H20N2O3. The number of benzene rings is 2. The van der Waals surface area contributed by atoms with E-state index in [4.69, 9.17) is 9.15 Å². The van der Waals surface area contributed by atoms with E-state index in [1.807, 2.05) is 62.4 Å². The van der Waals surface area contributed by atoms with E-state index < -0.39 is 0 Å². The molecular weight excluding hydrogens is 316 g/mol. The van der Waals surface area contributed by atoms with Gasteiger partial charge in [0.2, 0.25) is 0 Å². The van der Waals surface area contributed by atoms with Crippen molar-refractivity contribution in [3.63, 3.8) is 0 Å². The van der Waals surface area contributed by atoms with E-state index in [1.54, 1.807) is 12.1 Å². The van der Waals surface area contributed by atoms with Crippen molar-refractivity contribution in [1.82, 2.24) is 0 Å². The molecule has 0 aliphatic carbocycles. The highest BCUT2D eigenvalue weighted by molar-refractivity contribution is 6.02. The maximum atomic E-state index is 11.9. The van der Waals surface area contributed by atoms with Gasteiger partial charge < -0.3 is 19.8 Å². The van der Waals surface area contributed by atoms with Gasteiger partial charge in [-0.1, -0.05) is 0 Å². The van der Waals surface area contributed by atoms with Crippen LogP contribution in [0.4, 0.5) is 17.1 Å². The Kier molecular flexibility index (Phi) is 5.04. The third kappa shape index (κ3) is 4.64. The van der Waals surface area contributed by atoms with Crippen molar-refractivity contribution in [2.24, 2.45) is 0 Å². The van der Waals surface area contributed by atoms with Crippen LogP contribution < -0.4 is 15.4 Å². The van der Waals surface area contributed by atoms with Gasteiger partial charge in [-0.3, -0.25) is 4.79 Å². The predicted octanol–water partition coefficient (Wildman–Crippen LogP) is 5.06. The summed E-state index contributed by atoms with van der Waals surface area (Å²) in [5, 5.41) is 6.09. The maximum Gasteiger partial charge on any atom is 0.291 e. The van der Waals surface area contributed by atoms with Gasteiger partial charge in [-0.05, 0) is 74.5 Å². The Morgan fingerprint density at radius 3 is 2.08 bits per heavy atom. The summed E-state index contributed by atoms with van der Waals surface area (Å²) in [6.45, 7) is 4.00. The molecule has 1 amide bonds. The van der Waals surface area contributed by atoms with Gasteiger partial charge >= 0.3 is 0 Å². The van der Waals surface area contributed by atoms with Crippen LogP contribution in [0.2, 0.25) is 0 Å². The average Bonchev–Trinajstić information content (AvgIpc) is 3.13. The Bertz CT molecular complexity index is 807. The fourth-order valence-corrected chi connectivity index (χ4v) is 2.29. The molecule has 0 aliphatic heterocycles. The molecule has 1 heterocycles. The lowest BCUT2D eigenvalue weighted by Gasteiger charge is -2.11. The summed E-state index contributed by atoms with van der Waals surface area (Å²) < 4.78 is 10.7. The number of anilines is 3. The molecule has 0 saturated carbocycles. The van der Waals surface area contributed by atoms with Gasteiger partial charge in [-0.15, -0.1) is 0 Å². The highest BCUT2D eigenvalue weighted by Crippen LogP contribution is 2.22. The van der Waals surface area contributed by atoms with E-state index in [1.165, 1.54) is 6.26 Å². The van der Waals surface area contributed by atoms with Crippen LogP contribution in [0.3, 0.4) is 0 Å². The number of carbonyl (C=O) groups is 1. The lowest BCUT2D eigenvalue weighted by Crippen LogP contribution is -2.10. The van der Waals surface area contributed by atoms with Gasteiger partial charge in [0.05, 0.1) is 12.4 Å². The topological polar surface area (TPSA) is 63.5 Å². The van der Waals surface area contributed by atoms with E-state index in [9.17, 15) is 4.79 Å². The minimum Gasteiger partial charge on any atom is -0.491 e. The zero-order chi connectivity index (χ0) is 17.6. The van der Waals surface area contributed by atoms with Crippen LogP contribution in [-0.4, -0.2) is 12.0 Å². The molecule has 0 unspecified atom stereocenters. The van der Waals surface area contributed by atoms with Gasteiger partial charge in [-0.2, -0.15) is 0 Å². The Hall–Kier alpha value is -3.21. The number of carbonyl (C=O) groups excluding carboxylic acids is 1. The van der Waals surface area contributed by atoms with Gasteiger partial charge in [0.1, 0.15) is 5.75 Å². The van der Waals surface area contributed by atoms with Crippen LogP contribution in [0.25, 0.3) is 0 Å². The second kappa shape index (κ2) is 7.57. The molecule has 5 nitrogen and oxygen atoms in total. The fraction of sp³-hybridized carbons (Fsp3) is 0.150. The van der Waals surface area contributed by atoms with Gasteiger partial charge in [0.25, 0.3) is 5.91 Å². The number of ether oxygens (including phenoxy) is 1. The summed E-state index contributed by atoms with van der Waals surface area (Å²) in [7, 11) is 0. The Morgan fingerprint density at radius 2 is 1.52 bits per heavy atom. The molecule has 0 atom stereocenters. The molecule has 2 aromatic carbocycles. The van der Waals surface area contributed by atoms with Crippen molar-refractivity contribution >= 4 is 23.0 Å². The molecule has 5 heteroatoms. The maximum absolute atomic E-state index is 11.9. The van der Waals surface area contributed by atoms with Crippen LogP contribution in [0.5, 0.6) is 5.75 Å². The van der Waals surface area contributed by atoms with E-state index in [0.29, 0.717) is 5.69 Å². The van der Waals surface area contributed by atoms with E-state index >= 15 is 0 Å². The number of nitrogens with one attached hydrogen (secondary N) is 2. The Balaban J connectivity index is 1.59. The van der Waals surface area contributed by atoms with Crippen molar-refractivity contribution in [3.8, 4) is 5.75 Å². The molecule has 1 aromatic heterocycles. The minimum absolute atomic E-state index is 0.155. The molecule has 0 spiro atoms. The molecule has 0 saturated heterocycles. The molecule has 0 radical (unpaired) electrons. The highest BCUT2D eigenvalue weighted by atomic mass is 16.5. The average molecular weight is 336 g/mol. The quantitative estimate of drug-likeness (QED) is 0.660. The van der Waals surface area contributed by atoms with Gasteiger partial charge in [0, 0.05) is 17.1 Å². The van der Waals surface area contributed by atoms with Crippen molar-refractivity contribution < 1.29 is 13.9 Å². The SMILES string of the molecule is CC(C)Oc1ccc(Nc2ccc(NC(=O)c3ccco3)cc2)cc1. The van der Waals surface area contributed by atoms with Crippen molar-refractivity contribution in [2.75, 3.05) is 10.6 Å². The highest BCUT2D eigenvalue weighted by Gasteiger charge is 2.08. The Morgan fingerprint density at radius 1 is 0.920 bits per heavy atom. The number of amides is 1.